The van der Waals surface area contributed by atoms with Gasteiger partial charge in [0.05, 0.1) is 17.8 Å². The van der Waals surface area contributed by atoms with E-state index < -0.39 is 0 Å². The number of halogens is 1. The first-order valence-electron chi connectivity index (χ1n) is 7.81. The quantitative estimate of drug-likeness (QED) is 0.798. The van der Waals surface area contributed by atoms with Crippen LogP contribution in [-0.4, -0.2) is 49.8 Å². The Labute approximate surface area is 134 Å². The molecule has 2 aromatic heterocycles. The Bertz CT molecular complexity index is 705. The lowest BCUT2D eigenvalue weighted by Gasteiger charge is -2.51. The SMILES string of the molecule is C[C@@H]1[C@H](N(Cl)C(=O)c2cn3cccc3cn2)C2CCN1CC2. The van der Waals surface area contributed by atoms with E-state index in [1.165, 1.54) is 4.42 Å². The summed E-state index contributed by atoms with van der Waals surface area (Å²) in [7, 11) is 0. The highest BCUT2D eigenvalue weighted by Crippen LogP contribution is 2.36. The number of nitrogens with zero attached hydrogens (tertiary/aromatic N) is 4. The van der Waals surface area contributed by atoms with E-state index in [-0.39, 0.29) is 11.9 Å². The minimum Gasteiger partial charge on any atom is -0.320 e. The van der Waals surface area contributed by atoms with Crippen LogP contribution in [0.3, 0.4) is 0 Å². The third-order valence-electron chi connectivity index (χ3n) is 5.21. The monoisotopic (exact) mass is 318 g/mol. The van der Waals surface area contributed by atoms with Gasteiger partial charge in [0.2, 0.25) is 0 Å². The number of hydrogen-bond acceptors (Lipinski definition) is 3. The van der Waals surface area contributed by atoms with Gasteiger partial charge >= 0.3 is 0 Å². The van der Waals surface area contributed by atoms with Crippen LogP contribution in [0.25, 0.3) is 5.52 Å². The Morgan fingerprint density at radius 2 is 2.18 bits per heavy atom. The summed E-state index contributed by atoms with van der Waals surface area (Å²) in [6, 6.07) is 4.26. The van der Waals surface area contributed by atoms with E-state index in [0.29, 0.717) is 17.7 Å². The maximum absolute atomic E-state index is 12.7. The lowest BCUT2D eigenvalue weighted by atomic mass is 9.79. The summed E-state index contributed by atoms with van der Waals surface area (Å²) in [5, 5.41) is 0. The molecule has 5 rings (SSSR count). The molecule has 5 nitrogen and oxygen atoms in total. The van der Waals surface area contributed by atoms with Gasteiger partial charge in [0.1, 0.15) is 5.69 Å². The molecule has 2 atom stereocenters. The molecular weight excluding hydrogens is 300 g/mol. The van der Waals surface area contributed by atoms with E-state index in [1.807, 2.05) is 22.7 Å². The minimum absolute atomic E-state index is 0.0684. The van der Waals surface area contributed by atoms with Gasteiger partial charge in [-0.2, -0.15) is 0 Å². The van der Waals surface area contributed by atoms with Gasteiger partial charge in [-0.3, -0.25) is 9.69 Å². The number of carbonyl (C=O) groups excluding carboxylic acids is 1. The van der Waals surface area contributed by atoms with Crippen molar-refractivity contribution in [2.75, 3.05) is 13.1 Å². The van der Waals surface area contributed by atoms with Crippen molar-refractivity contribution < 1.29 is 4.79 Å². The summed E-state index contributed by atoms with van der Waals surface area (Å²) < 4.78 is 3.29. The van der Waals surface area contributed by atoms with E-state index in [1.54, 1.807) is 12.4 Å². The Morgan fingerprint density at radius 3 is 2.91 bits per heavy atom. The zero-order chi connectivity index (χ0) is 15.3. The third kappa shape index (κ3) is 2.11. The van der Waals surface area contributed by atoms with E-state index in [0.717, 1.165) is 31.4 Å². The second kappa shape index (κ2) is 5.25. The average molecular weight is 319 g/mol. The molecule has 3 aliphatic rings. The van der Waals surface area contributed by atoms with Gasteiger partial charge in [-0.05, 0) is 50.9 Å². The zero-order valence-corrected chi connectivity index (χ0v) is 13.3. The largest absolute Gasteiger partial charge is 0.320 e. The van der Waals surface area contributed by atoms with Gasteiger partial charge in [0.25, 0.3) is 5.91 Å². The summed E-state index contributed by atoms with van der Waals surface area (Å²) in [6.45, 7) is 4.41. The van der Waals surface area contributed by atoms with Crippen LogP contribution in [-0.2, 0) is 0 Å². The van der Waals surface area contributed by atoms with E-state index in [9.17, 15) is 4.79 Å². The smallest absolute Gasteiger partial charge is 0.288 e. The molecule has 2 aromatic rings. The molecule has 5 heterocycles. The number of carbonyl (C=O) groups is 1. The molecule has 0 aliphatic carbocycles. The Balaban J connectivity index is 1.61. The molecule has 116 valence electrons. The van der Waals surface area contributed by atoms with Gasteiger partial charge in [-0.1, -0.05) is 0 Å². The first-order valence-corrected chi connectivity index (χ1v) is 8.15. The summed E-state index contributed by atoms with van der Waals surface area (Å²) >= 11 is 6.47. The van der Waals surface area contributed by atoms with Crippen LogP contribution in [0, 0.1) is 5.92 Å². The zero-order valence-electron chi connectivity index (χ0n) is 12.5. The Morgan fingerprint density at radius 1 is 1.41 bits per heavy atom. The standard InChI is InChI=1S/C16H19ClN4O/c1-11-15(12-4-7-19(11)8-5-12)21(17)16(22)14-10-20-6-2-3-13(20)9-18-14/h2-3,6,9-12,15H,4-5,7-8H2,1H3/t11-,15+/m1/s1. The van der Waals surface area contributed by atoms with Gasteiger partial charge in [-0.15, -0.1) is 0 Å². The molecule has 3 aliphatic heterocycles. The van der Waals surface area contributed by atoms with Crippen molar-refractivity contribution in [1.29, 1.82) is 0 Å². The highest BCUT2D eigenvalue weighted by atomic mass is 35.5. The van der Waals surface area contributed by atoms with Crippen molar-refractivity contribution in [2.24, 2.45) is 5.92 Å². The maximum atomic E-state index is 12.7. The summed E-state index contributed by atoms with van der Waals surface area (Å²) in [5.74, 6) is 0.291. The number of fused-ring (bicyclic) bond motifs is 4. The van der Waals surface area contributed by atoms with E-state index in [4.69, 9.17) is 11.8 Å². The normalized spacial score (nSPS) is 30.6. The Kier molecular flexibility index (Phi) is 3.35. The van der Waals surface area contributed by atoms with Crippen LogP contribution in [0.5, 0.6) is 0 Å². The fourth-order valence-corrected chi connectivity index (χ4v) is 4.35. The van der Waals surface area contributed by atoms with Crippen molar-refractivity contribution in [3.05, 3.63) is 36.4 Å². The molecule has 3 saturated heterocycles. The van der Waals surface area contributed by atoms with Gasteiger partial charge in [0, 0.05) is 30.2 Å². The number of amides is 1. The number of rotatable bonds is 2. The van der Waals surface area contributed by atoms with Crippen LogP contribution in [0.15, 0.2) is 30.7 Å². The van der Waals surface area contributed by atoms with Crippen LogP contribution in [0.1, 0.15) is 30.3 Å². The third-order valence-corrected chi connectivity index (χ3v) is 5.59. The van der Waals surface area contributed by atoms with Gasteiger partial charge in [0.15, 0.2) is 0 Å². The molecule has 3 fully saturated rings. The van der Waals surface area contributed by atoms with Crippen LogP contribution in [0.4, 0.5) is 0 Å². The molecule has 1 amide bonds. The van der Waals surface area contributed by atoms with Crippen LogP contribution >= 0.6 is 11.8 Å². The highest BCUT2D eigenvalue weighted by Gasteiger charge is 2.44. The fourth-order valence-electron chi connectivity index (χ4n) is 3.94. The van der Waals surface area contributed by atoms with Crippen molar-refractivity contribution in [1.82, 2.24) is 18.7 Å². The first-order chi connectivity index (χ1) is 10.6. The second-order valence-corrected chi connectivity index (χ2v) is 6.70. The van der Waals surface area contributed by atoms with Gasteiger partial charge < -0.3 is 4.40 Å². The number of piperidine rings is 3. The lowest BCUT2D eigenvalue weighted by Crippen LogP contribution is -2.61. The highest BCUT2D eigenvalue weighted by molar-refractivity contribution is 6.24. The molecule has 22 heavy (non-hydrogen) atoms. The molecule has 0 aromatic carbocycles. The van der Waals surface area contributed by atoms with Crippen molar-refractivity contribution >= 4 is 23.2 Å². The van der Waals surface area contributed by atoms with Crippen LogP contribution in [0.2, 0.25) is 0 Å². The molecule has 0 N–H and O–H groups in total. The predicted octanol–water partition coefficient (Wildman–Crippen LogP) is 2.41. The average Bonchev–Trinajstić information content (AvgIpc) is 3.02. The topological polar surface area (TPSA) is 40.9 Å². The summed E-state index contributed by atoms with van der Waals surface area (Å²) in [5.41, 5.74) is 1.36. The second-order valence-electron chi connectivity index (χ2n) is 6.33. The van der Waals surface area contributed by atoms with E-state index in [2.05, 4.69) is 16.8 Å². The number of hydrogen-bond donors (Lipinski definition) is 0. The fraction of sp³-hybridized carbons (Fsp3) is 0.500. The van der Waals surface area contributed by atoms with E-state index >= 15 is 0 Å². The molecule has 2 bridgehead atoms. The summed E-state index contributed by atoms with van der Waals surface area (Å²) in [6.07, 6.45) is 7.60. The van der Waals surface area contributed by atoms with Gasteiger partial charge in [-0.25, -0.2) is 9.40 Å². The summed E-state index contributed by atoms with van der Waals surface area (Å²) in [4.78, 5) is 19.4. The molecular formula is C16H19ClN4O. The molecule has 0 saturated carbocycles. The number of aromatic nitrogens is 2. The molecule has 6 heteroatoms. The predicted molar refractivity (Wildman–Crippen MR) is 84.8 cm³/mol. The maximum Gasteiger partial charge on any atom is 0.288 e. The van der Waals surface area contributed by atoms with Crippen molar-refractivity contribution in [3.8, 4) is 0 Å². The Hall–Kier alpha value is -1.59. The minimum atomic E-state index is -0.206. The van der Waals surface area contributed by atoms with Crippen molar-refractivity contribution in [2.45, 2.75) is 31.8 Å². The molecule has 0 spiro atoms. The van der Waals surface area contributed by atoms with Crippen LogP contribution < -0.4 is 0 Å². The lowest BCUT2D eigenvalue weighted by molar-refractivity contribution is -0.00476. The first kappa shape index (κ1) is 14.0. The van der Waals surface area contributed by atoms with Crippen molar-refractivity contribution in [3.63, 3.8) is 0 Å². The molecule has 0 radical (unpaired) electrons. The molecule has 0 unspecified atom stereocenters.